The molecule has 0 aromatic heterocycles. The van der Waals surface area contributed by atoms with E-state index in [1.165, 1.54) is 5.56 Å². The number of ether oxygens (including phenoxy) is 2. The molecule has 1 aromatic rings. The summed E-state index contributed by atoms with van der Waals surface area (Å²) in [5.74, 6) is 0. The highest BCUT2D eigenvalue weighted by Crippen LogP contribution is 2.38. The van der Waals surface area contributed by atoms with Crippen LogP contribution in [0.3, 0.4) is 0 Å². The molecular weight excluding hydrogens is 250 g/mol. The summed E-state index contributed by atoms with van der Waals surface area (Å²) in [7, 11) is 0. The summed E-state index contributed by atoms with van der Waals surface area (Å²) in [4.78, 5) is 2.49. The first-order valence-corrected chi connectivity index (χ1v) is 7.73. The van der Waals surface area contributed by atoms with E-state index in [4.69, 9.17) is 9.47 Å². The third kappa shape index (κ3) is 2.76. The van der Waals surface area contributed by atoms with Crippen molar-refractivity contribution < 1.29 is 9.47 Å². The Kier molecular flexibility index (Phi) is 4.11. The predicted octanol–water partition coefficient (Wildman–Crippen LogP) is 2.85. The summed E-state index contributed by atoms with van der Waals surface area (Å²) in [5.41, 5.74) is 1.18. The fourth-order valence-electron chi connectivity index (χ4n) is 3.36. The van der Waals surface area contributed by atoms with Crippen molar-refractivity contribution in [1.82, 2.24) is 4.90 Å². The van der Waals surface area contributed by atoms with E-state index in [-0.39, 0.29) is 11.7 Å². The zero-order chi connectivity index (χ0) is 14.0. The third-order valence-electron chi connectivity index (χ3n) is 4.62. The molecular formula is C17H25NO2. The van der Waals surface area contributed by atoms with E-state index in [1.807, 2.05) is 6.07 Å². The molecule has 2 heterocycles. The molecule has 2 aliphatic heterocycles. The monoisotopic (exact) mass is 275 g/mol. The molecule has 0 unspecified atom stereocenters. The van der Waals surface area contributed by atoms with Crippen LogP contribution in [-0.2, 0) is 16.1 Å². The quantitative estimate of drug-likeness (QED) is 0.843. The van der Waals surface area contributed by atoms with Gasteiger partial charge in [-0.25, -0.2) is 0 Å². The lowest BCUT2D eigenvalue weighted by atomic mass is 9.96. The van der Waals surface area contributed by atoms with Gasteiger partial charge in [-0.05, 0) is 32.3 Å². The summed E-state index contributed by atoms with van der Waals surface area (Å²) in [6.07, 6.45) is 2.50. The largest absolute Gasteiger partial charge is 0.371 e. The first-order chi connectivity index (χ1) is 9.70. The van der Waals surface area contributed by atoms with Gasteiger partial charge in [0, 0.05) is 25.7 Å². The molecule has 1 spiro atoms. The Morgan fingerprint density at radius 3 is 2.80 bits per heavy atom. The van der Waals surface area contributed by atoms with E-state index in [2.05, 4.69) is 43.0 Å². The molecule has 1 aromatic carbocycles. The molecule has 20 heavy (non-hydrogen) atoms. The molecule has 0 amide bonds. The molecule has 2 atom stereocenters. The molecule has 3 nitrogen and oxygen atoms in total. The highest BCUT2D eigenvalue weighted by atomic mass is 16.6. The maximum atomic E-state index is 6.24. The Balaban J connectivity index is 1.67. The van der Waals surface area contributed by atoms with Crippen molar-refractivity contribution in [3.8, 4) is 0 Å². The van der Waals surface area contributed by atoms with Crippen molar-refractivity contribution in [2.75, 3.05) is 19.7 Å². The van der Waals surface area contributed by atoms with Gasteiger partial charge in [0.2, 0.25) is 0 Å². The number of rotatable bonds is 4. The van der Waals surface area contributed by atoms with Crippen LogP contribution < -0.4 is 0 Å². The summed E-state index contributed by atoms with van der Waals surface area (Å²) >= 11 is 0. The molecule has 0 bridgehead atoms. The summed E-state index contributed by atoms with van der Waals surface area (Å²) in [5, 5.41) is 0. The minimum Gasteiger partial charge on any atom is -0.371 e. The molecule has 2 saturated heterocycles. The van der Waals surface area contributed by atoms with Gasteiger partial charge in [-0.2, -0.15) is 0 Å². The van der Waals surface area contributed by atoms with Gasteiger partial charge < -0.3 is 9.47 Å². The molecule has 2 fully saturated rings. The zero-order valence-corrected chi connectivity index (χ0v) is 12.5. The maximum Gasteiger partial charge on any atom is 0.108 e. The fourth-order valence-corrected chi connectivity index (χ4v) is 3.36. The van der Waals surface area contributed by atoms with E-state index >= 15 is 0 Å². The average Bonchev–Trinajstić information content (AvgIpc) is 3.06. The highest BCUT2D eigenvalue weighted by molar-refractivity contribution is 5.14. The van der Waals surface area contributed by atoms with Crippen molar-refractivity contribution >= 4 is 0 Å². The lowest BCUT2D eigenvalue weighted by molar-refractivity contribution is -0.0960. The Morgan fingerprint density at radius 2 is 2.15 bits per heavy atom. The van der Waals surface area contributed by atoms with E-state index < -0.39 is 0 Å². The molecule has 0 N–H and O–H groups in total. The smallest absolute Gasteiger partial charge is 0.108 e. The molecule has 0 radical (unpaired) electrons. The van der Waals surface area contributed by atoms with Crippen LogP contribution in [0.15, 0.2) is 30.3 Å². The molecule has 110 valence electrons. The standard InChI is InChI=1S/C17H25NO2/c1-14(2)18-11-16(17(13-18)9-6-10-20-17)19-12-15-7-4-3-5-8-15/h3-5,7-8,14,16H,6,9-13H2,1-2H3/t16-,17-/m0/s1. The SMILES string of the molecule is CC(C)N1C[C@H](OCc2ccccc2)[C@]2(CCCO2)C1. The third-order valence-corrected chi connectivity index (χ3v) is 4.62. The number of hydrogen-bond donors (Lipinski definition) is 0. The fraction of sp³-hybridized carbons (Fsp3) is 0.647. The Labute approximate surface area is 121 Å². The Hall–Kier alpha value is -0.900. The van der Waals surface area contributed by atoms with Crippen LogP contribution in [0.25, 0.3) is 0 Å². The number of hydrogen-bond acceptors (Lipinski definition) is 3. The maximum absolute atomic E-state index is 6.24. The number of nitrogens with zero attached hydrogens (tertiary/aromatic N) is 1. The van der Waals surface area contributed by atoms with Gasteiger partial charge in [0.05, 0.1) is 6.61 Å². The van der Waals surface area contributed by atoms with E-state index in [0.717, 1.165) is 32.5 Å². The lowest BCUT2D eigenvalue weighted by Crippen LogP contribution is -2.42. The van der Waals surface area contributed by atoms with Crippen LogP contribution in [0.4, 0.5) is 0 Å². The second-order valence-corrected chi connectivity index (χ2v) is 6.33. The molecule has 0 saturated carbocycles. The minimum atomic E-state index is -0.0565. The normalized spacial score (nSPS) is 30.6. The van der Waals surface area contributed by atoms with Gasteiger partial charge in [-0.1, -0.05) is 30.3 Å². The molecule has 0 aliphatic carbocycles. The second kappa shape index (κ2) is 5.84. The van der Waals surface area contributed by atoms with Gasteiger partial charge in [-0.3, -0.25) is 4.90 Å². The van der Waals surface area contributed by atoms with Gasteiger partial charge >= 0.3 is 0 Å². The second-order valence-electron chi connectivity index (χ2n) is 6.33. The zero-order valence-electron chi connectivity index (χ0n) is 12.5. The van der Waals surface area contributed by atoms with Crippen LogP contribution in [0.2, 0.25) is 0 Å². The highest BCUT2D eigenvalue weighted by Gasteiger charge is 2.50. The summed E-state index contributed by atoms with van der Waals surface area (Å²) < 4.78 is 12.4. The molecule has 3 rings (SSSR count). The first-order valence-electron chi connectivity index (χ1n) is 7.73. The van der Waals surface area contributed by atoms with Crippen molar-refractivity contribution in [3.05, 3.63) is 35.9 Å². The Morgan fingerprint density at radius 1 is 1.35 bits per heavy atom. The lowest BCUT2D eigenvalue weighted by Gasteiger charge is -2.29. The number of benzene rings is 1. The van der Waals surface area contributed by atoms with Gasteiger partial charge in [0.25, 0.3) is 0 Å². The summed E-state index contributed by atoms with van der Waals surface area (Å²) in [6.45, 7) is 8.08. The topological polar surface area (TPSA) is 21.7 Å². The summed E-state index contributed by atoms with van der Waals surface area (Å²) in [6, 6.07) is 11.0. The van der Waals surface area contributed by atoms with E-state index in [0.29, 0.717) is 12.6 Å². The average molecular weight is 275 g/mol. The van der Waals surface area contributed by atoms with Crippen LogP contribution in [0.5, 0.6) is 0 Å². The van der Waals surface area contributed by atoms with E-state index in [1.54, 1.807) is 0 Å². The number of likely N-dealkylation sites (tertiary alicyclic amines) is 1. The predicted molar refractivity (Wildman–Crippen MR) is 79.6 cm³/mol. The minimum absolute atomic E-state index is 0.0565. The first kappa shape index (κ1) is 14.1. The van der Waals surface area contributed by atoms with Crippen molar-refractivity contribution in [2.45, 2.75) is 51.0 Å². The van der Waals surface area contributed by atoms with Gasteiger partial charge in [0.1, 0.15) is 11.7 Å². The molecule has 2 aliphatic rings. The van der Waals surface area contributed by atoms with Gasteiger partial charge in [-0.15, -0.1) is 0 Å². The molecule has 3 heteroatoms. The van der Waals surface area contributed by atoms with Crippen LogP contribution >= 0.6 is 0 Å². The van der Waals surface area contributed by atoms with Crippen molar-refractivity contribution in [3.63, 3.8) is 0 Å². The van der Waals surface area contributed by atoms with Crippen LogP contribution in [-0.4, -0.2) is 42.3 Å². The van der Waals surface area contributed by atoms with Crippen LogP contribution in [0, 0.1) is 0 Å². The van der Waals surface area contributed by atoms with E-state index in [9.17, 15) is 0 Å². The van der Waals surface area contributed by atoms with Crippen molar-refractivity contribution in [2.24, 2.45) is 0 Å². The van der Waals surface area contributed by atoms with Gasteiger partial charge in [0.15, 0.2) is 0 Å². The van der Waals surface area contributed by atoms with Crippen molar-refractivity contribution in [1.29, 1.82) is 0 Å². The Bertz CT molecular complexity index is 426. The van der Waals surface area contributed by atoms with Crippen LogP contribution in [0.1, 0.15) is 32.3 Å².